The molecule has 0 saturated heterocycles. The first-order valence-corrected chi connectivity index (χ1v) is 7.86. The second-order valence-corrected chi connectivity index (χ2v) is 6.05. The van der Waals surface area contributed by atoms with E-state index in [4.69, 9.17) is 0 Å². The highest BCUT2D eigenvalue weighted by atomic mass is 16.1. The van der Waals surface area contributed by atoms with Crippen LogP contribution in [0.1, 0.15) is 29.5 Å². The molecule has 0 spiro atoms. The zero-order valence-electron chi connectivity index (χ0n) is 12.7. The molecule has 0 saturated carbocycles. The van der Waals surface area contributed by atoms with E-state index >= 15 is 0 Å². The number of hydrogen-bond donors (Lipinski definition) is 0. The summed E-state index contributed by atoms with van der Waals surface area (Å²) in [4.78, 5) is 12.7. The van der Waals surface area contributed by atoms with Crippen LogP contribution in [-0.2, 0) is 26.4 Å². The Labute approximate surface area is 129 Å². The Morgan fingerprint density at radius 2 is 1.82 bits per heavy atom. The van der Waals surface area contributed by atoms with Gasteiger partial charge in [0.15, 0.2) is 0 Å². The summed E-state index contributed by atoms with van der Waals surface area (Å²) < 4.78 is 3.72. The molecule has 0 N–H and O–H groups in total. The van der Waals surface area contributed by atoms with Crippen LogP contribution in [0.4, 0.5) is 0 Å². The molecule has 0 atom stereocenters. The van der Waals surface area contributed by atoms with Crippen molar-refractivity contribution in [3.8, 4) is 0 Å². The van der Waals surface area contributed by atoms with Gasteiger partial charge in [-0.05, 0) is 36.8 Å². The Balaban J connectivity index is 1.92. The van der Waals surface area contributed by atoms with Crippen LogP contribution in [0.2, 0.25) is 0 Å². The second-order valence-electron chi connectivity index (χ2n) is 6.05. The fraction of sp³-hybridized carbons (Fsp3) is 0.333. The molecule has 3 aromatic rings. The number of pyridine rings is 1. The smallest absolute Gasteiger partial charge is 0.255 e. The van der Waals surface area contributed by atoms with Crippen LogP contribution in [0.3, 0.4) is 0 Å². The van der Waals surface area contributed by atoms with Gasteiger partial charge in [-0.2, -0.15) is 5.10 Å². The minimum Gasteiger partial charge on any atom is -0.296 e. The molecule has 22 heavy (non-hydrogen) atoms. The van der Waals surface area contributed by atoms with Crippen LogP contribution in [0.15, 0.2) is 41.3 Å². The predicted octanol–water partition coefficient (Wildman–Crippen LogP) is 2.66. The van der Waals surface area contributed by atoms with Crippen LogP contribution in [0.5, 0.6) is 0 Å². The average molecular weight is 293 g/mol. The van der Waals surface area contributed by atoms with Crippen LogP contribution in [0, 0.1) is 0 Å². The molecule has 0 aliphatic heterocycles. The molecule has 0 fully saturated rings. The maximum Gasteiger partial charge on any atom is 0.255 e. The highest BCUT2D eigenvalue weighted by Crippen LogP contribution is 2.26. The third-order valence-electron chi connectivity index (χ3n) is 4.66. The Hall–Kier alpha value is -2.36. The van der Waals surface area contributed by atoms with Gasteiger partial charge in [0, 0.05) is 18.0 Å². The molecular formula is C18H19N3O. The number of aryl methyl sites for hydroxylation is 2. The summed E-state index contributed by atoms with van der Waals surface area (Å²) in [5, 5.41) is 5.70. The minimum absolute atomic E-state index is 0.150. The van der Waals surface area contributed by atoms with Gasteiger partial charge in [0.25, 0.3) is 5.56 Å². The van der Waals surface area contributed by atoms with Crippen molar-refractivity contribution in [2.45, 2.75) is 32.2 Å². The summed E-state index contributed by atoms with van der Waals surface area (Å²) in [6.07, 6.45) is 6.12. The number of benzene rings is 1. The standard InChI is InChI=1S/C18H19N3O/c1-20-17-16(14-9-5-6-10-15(14)18(20)22)11-19-21(17)12-13-7-3-2-4-8-13/h2-4,7-8,11H,5-6,9-10,12H2,1H3. The molecule has 0 unspecified atom stereocenters. The molecular weight excluding hydrogens is 274 g/mol. The molecule has 1 aliphatic rings. The lowest BCUT2D eigenvalue weighted by atomic mass is 9.91. The second kappa shape index (κ2) is 5.13. The van der Waals surface area contributed by atoms with Gasteiger partial charge in [0.2, 0.25) is 0 Å². The Bertz CT molecular complexity index is 890. The first-order valence-electron chi connectivity index (χ1n) is 7.86. The third-order valence-corrected chi connectivity index (χ3v) is 4.66. The number of hydrogen-bond acceptors (Lipinski definition) is 2. The van der Waals surface area contributed by atoms with Gasteiger partial charge in [0.1, 0.15) is 5.65 Å². The monoisotopic (exact) mass is 293 g/mol. The maximum absolute atomic E-state index is 12.7. The van der Waals surface area contributed by atoms with E-state index in [2.05, 4.69) is 17.2 Å². The van der Waals surface area contributed by atoms with Crippen molar-refractivity contribution < 1.29 is 0 Å². The van der Waals surface area contributed by atoms with Gasteiger partial charge in [-0.3, -0.25) is 9.36 Å². The molecule has 112 valence electrons. The van der Waals surface area contributed by atoms with E-state index < -0.39 is 0 Å². The maximum atomic E-state index is 12.7. The van der Waals surface area contributed by atoms with Gasteiger partial charge in [0.05, 0.1) is 12.7 Å². The van der Waals surface area contributed by atoms with Crippen molar-refractivity contribution in [3.63, 3.8) is 0 Å². The van der Waals surface area contributed by atoms with E-state index in [9.17, 15) is 4.79 Å². The first kappa shape index (κ1) is 13.3. The number of aromatic nitrogens is 3. The lowest BCUT2D eigenvalue weighted by Crippen LogP contribution is -2.26. The van der Waals surface area contributed by atoms with Crippen molar-refractivity contribution in [1.29, 1.82) is 0 Å². The van der Waals surface area contributed by atoms with E-state index in [1.54, 1.807) is 4.57 Å². The van der Waals surface area contributed by atoms with Gasteiger partial charge in [-0.1, -0.05) is 30.3 Å². The van der Waals surface area contributed by atoms with Gasteiger partial charge >= 0.3 is 0 Å². The third kappa shape index (κ3) is 1.98. The van der Waals surface area contributed by atoms with E-state index in [0.29, 0.717) is 6.54 Å². The molecule has 4 nitrogen and oxygen atoms in total. The van der Waals surface area contributed by atoms with E-state index in [0.717, 1.165) is 35.9 Å². The summed E-state index contributed by atoms with van der Waals surface area (Å²) in [6, 6.07) is 10.2. The molecule has 0 amide bonds. The van der Waals surface area contributed by atoms with Crippen molar-refractivity contribution in [2.24, 2.45) is 7.05 Å². The van der Waals surface area contributed by atoms with Gasteiger partial charge in [-0.25, -0.2) is 4.68 Å². The SMILES string of the molecule is Cn1c(=O)c2c(c3cnn(Cc4ccccc4)c31)CCCC2. The lowest BCUT2D eigenvalue weighted by Gasteiger charge is -2.18. The summed E-state index contributed by atoms with van der Waals surface area (Å²) in [7, 11) is 1.86. The van der Waals surface area contributed by atoms with Crippen molar-refractivity contribution >= 4 is 11.0 Å². The zero-order valence-corrected chi connectivity index (χ0v) is 12.7. The molecule has 1 aliphatic carbocycles. The lowest BCUT2D eigenvalue weighted by molar-refractivity contribution is 0.656. The molecule has 4 rings (SSSR count). The van der Waals surface area contributed by atoms with E-state index in [1.807, 2.05) is 36.1 Å². The highest BCUT2D eigenvalue weighted by Gasteiger charge is 2.20. The molecule has 4 heteroatoms. The molecule has 0 radical (unpaired) electrons. The van der Waals surface area contributed by atoms with Crippen molar-refractivity contribution in [3.05, 3.63) is 63.6 Å². The largest absolute Gasteiger partial charge is 0.296 e. The number of rotatable bonds is 2. The molecule has 1 aromatic carbocycles. The van der Waals surface area contributed by atoms with Crippen LogP contribution in [0.25, 0.3) is 11.0 Å². The average Bonchev–Trinajstić information content (AvgIpc) is 2.97. The first-order chi connectivity index (χ1) is 10.8. The van der Waals surface area contributed by atoms with Gasteiger partial charge in [-0.15, -0.1) is 0 Å². The van der Waals surface area contributed by atoms with E-state index in [-0.39, 0.29) is 5.56 Å². The minimum atomic E-state index is 0.150. The molecule has 2 aromatic heterocycles. The highest BCUT2D eigenvalue weighted by molar-refractivity contribution is 5.80. The Kier molecular flexibility index (Phi) is 3.10. The summed E-state index contributed by atoms with van der Waals surface area (Å²) in [5.74, 6) is 0. The Morgan fingerprint density at radius 1 is 1.09 bits per heavy atom. The topological polar surface area (TPSA) is 39.8 Å². The van der Waals surface area contributed by atoms with E-state index in [1.165, 1.54) is 17.5 Å². The molecule has 0 bridgehead atoms. The van der Waals surface area contributed by atoms with Crippen LogP contribution < -0.4 is 5.56 Å². The Morgan fingerprint density at radius 3 is 2.59 bits per heavy atom. The van der Waals surface area contributed by atoms with Gasteiger partial charge < -0.3 is 0 Å². The number of nitrogens with zero attached hydrogens (tertiary/aromatic N) is 3. The normalized spacial score (nSPS) is 14.2. The summed E-state index contributed by atoms with van der Waals surface area (Å²) >= 11 is 0. The summed E-state index contributed by atoms with van der Waals surface area (Å²) in [6.45, 7) is 0.691. The van der Waals surface area contributed by atoms with Crippen LogP contribution in [-0.4, -0.2) is 14.3 Å². The van der Waals surface area contributed by atoms with Crippen LogP contribution >= 0.6 is 0 Å². The fourth-order valence-corrected chi connectivity index (χ4v) is 3.55. The zero-order chi connectivity index (χ0) is 15.1. The predicted molar refractivity (Wildman–Crippen MR) is 87.2 cm³/mol. The molecule has 2 heterocycles. The number of fused-ring (bicyclic) bond motifs is 3. The summed E-state index contributed by atoms with van der Waals surface area (Å²) in [5.41, 5.74) is 4.51. The quantitative estimate of drug-likeness (QED) is 0.729. The van der Waals surface area contributed by atoms with Crippen molar-refractivity contribution in [2.75, 3.05) is 0 Å². The van der Waals surface area contributed by atoms with Crippen molar-refractivity contribution in [1.82, 2.24) is 14.3 Å². The fourth-order valence-electron chi connectivity index (χ4n) is 3.55.